The Labute approximate surface area is 123 Å². The topological polar surface area (TPSA) is 98.2 Å². The van der Waals surface area contributed by atoms with Crippen molar-refractivity contribution in [1.29, 1.82) is 0 Å². The van der Waals surface area contributed by atoms with Crippen LogP contribution in [-0.2, 0) is 0 Å². The molecule has 0 bridgehead atoms. The van der Waals surface area contributed by atoms with Crippen molar-refractivity contribution < 1.29 is 9.59 Å². The monoisotopic (exact) mass is 283 g/mol. The molecule has 108 valence electrons. The normalized spacial score (nSPS) is 10.2. The largest absolute Gasteiger partial charge is 0.398 e. The van der Waals surface area contributed by atoms with Crippen LogP contribution in [0.4, 0.5) is 11.4 Å². The van der Waals surface area contributed by atoms with Crippen LogP contribution in [0.15, 0.2) is 36.4 Å². The predicted molar refractivity (Wildman–Crippen MR) is 83.2 cm³/mol. The third kappa shape index (κ3) is 3.20. The summed E-state index contributed by atoms with van der Waals surface area (Å²) >= 11 is 0. The molecule has 0 aliphatic carbocycles. The number of primary amides is 1. The summed E-state index contributed by atoms with van der Waals surface area (Å²) in [5.74, 6) is -0.777. The van der Waals surface area contributed by atoms with Gasteiger partial charge in [-0.1, -0.05) is 0 Å². The Morgan fingerprint density at radius 1 is 0.952 bits per heavy atom. The molecule has 0 atom stereocenters. The maximum Gasteiger partial charge on any atom is 0.255 e. The average molecular weight is 283 g/mol. The fourth-order valence-corrected chi connectivity index (χ4v) is 2.04. The predicted octanol–water partition coefficient (Wildman–Crippen LogP) is 2.24. The number of carbonyl (C=O) groups is 2. The first-order chi connectivity index (χ1) is 9.88. The molecular weight excluding hydrogens is 266 g/mol. The number of nitrogens with one attached hydrogen (secondary N) is 1. The van der Waals surface area contributed by atoms with Crippen LogP contribution in [0.5, 0.6) is 0 Å². The van der Waals surface area contributed by atoms with Crippen LogP contribution < -0.4 is 16.8 Å². The fourth-order valence-electron chi connectivity index (χ4n) is 2.04. The molecule has 0 unspecified atom stereocenters. The molecule has 5 nitrogen and oxygen atoms in total. The Bertz CT molecular complexity index is 683. The highest BCUT2D eigenvalue weighted by Crippen LogP contribution is 2.22. The minimum absolute atomic E-state index is 0.255. The summed E-state index contributed by atoms with van der Waals surface area (Å²) in [5.41, 5.74) is 15.1. The third-order valence-corrected chi connectivity index (χ3v) is 3.28. The molecule has 0 saturated carbocycles. The number of anilines is 2. The van der Waals surface area contributed by atoms with Gasteiger partial charge in [0.15, 0.2) is 0 Å². The van der Waals surface area contributed by atoms with E-state index in [2.05, 4.69) is 5.32 Å². The summed E-state index contributed by atoms with van der Waals surface area (Å²) in [5, 5.41) is 2.81. The summed E-state index contributed by atoms with van der Waals surface area (Å²) in [7, 11) is 0. The summed E-state index contributed by atoms with van der Waals surface area (Å²) in [6.07, 6.45) is 0. The van der Waals surface area contributed by atoms with Gasteiger partial charge in [-0.15, -0.1) is 0 Å². The minimum atomic E-state index is -0.522. The number of amides is 2. The van der Waals surface area contributed by atoms with Crippen molar-refractivity contribution >= 4 is 23.2 Å². The first kappa shape index (κ1) is 14.6. The molecule has 0 radical (unpaired) electrons. The van der Waals surface area contributed by atoms with Gasteiger partial charge in [0.1, 0.15) is 0 Å². The molecule has 21 heavy (non-hydrogen) atoms. The van der Waals surface area contributed by atoms with Gasteiger partial charge in [0.2, 0.25) is 5.91 Å². The fraction of sp³-hybridized carbons (Fsp3) is 0.125. The number of nitrogens with two attached hydrogens (primary N) is 2. The molecule has 0 aliphatic rings. The molecular formula is C16H17N3O2. The number of carbonyl (C=O) groups excluding carboxylic acids is 2. The quantitative estimate of drug-likeness (QED) is 0.753. The van der Waals surface area contributed by atoms with Crippen molar-refractivity contribution in [3.05, 3.63) is 58.7 Å². The summed E-state index contributed by atoms with van der Waals surface area (Å²) in [6, 6.07) is 9.81. The van der Waals surface area contributed by atoms with Crippen molar-refractivity contribution in [3.8, 4) is 0 Å². The van der Waals surface area contributed by atoms with E-state index >= 15 is 0 Å². The van der Waals surface area contributed by atoms with Gasteiger partial charge in [0.25, 0.3) is 5.91 Å². The minimum Gasteiger partial charge on any atom is -0.398 e. The Morgan fingerprint density at radius 3 is 1.90 bits per heavy atom. The maximum absolute atomic E-state index is 12.1. The lowest BCUT2D eigenvalue weighted by Crippen LogP contribution is -2.14. The number of rotatable bonds is 3. The summed E-state index contributed by atoms with van der Waals surface area (Å²) in [6.45, 7) is 3.78. The van der Waals surface area contributed by atoms with E-state index < -0.39 is 5.91 Å². The maximum atomic E-state index is 12.1. The zero-order valence-electron chi connectivity index (χ0n) is 11.9. The average Bonchev–Trinajstić information content (AvgIpc) is 2.44. The van der Waals surface area contributed by atoms with Crippen molar-refractivity contribution in [2.45, 2.75) is 13.8 Å². The lowest BCUT2D eigenvalue weighted by atomic mass is 10.1. The molecule has 5 N–H and O–H groups in total. The zero-order valence-corrected chi connectivity index (χ0v) is 11.9. The van der Waals surface area contributed by atoms with Crippen LogP contribution in [-0.4, -0.2) is 11.8 Å². The van der Waals surface area contributed by atoms with Gasteiger partial charge >= 0.3 is 0 Å². The van der Waals surface area contributed by atoms with Crippen LogP contribution >= 0.6 is 0 Å². The van der Waals surface area contributed by atoms with Crippen LogP contribution in [0.25, 0.3) is 0 Å². The SMILES string of the molecule is Cc1cc(NC(=O)c2ccc(C(N)=O)cc2)cc(C)c1N. The highest BCUT2D eigenvalue weighted by molar-refractivity contribution is 6.05. The smallest absolute Gasteiger partial charge is 0.255 e. The molecule has 2 aromatic rings. The lowest BCUT2D eigenvalue weighted by molar-refractivity contribution is 0.0995. The second kappa shape index (κ2) is 5.66. The van der Waals surface area contributed by atoms with E-state index in [1.54, 1.807) is 12.1 Å². The van der Waals surface area contributed by atoms with Crippen molar-refractivity contribution in [1.82, 2.24) is 0 Å². The molecule has 0 aliphatic heterocycles. The van der Waals surface area contributed by atoms with E-state index in [1.165, 1.54) is 12.1 Å². The van der Waals surface area contributed by atoms with E-state index in [0.29, 0.717) is 16.8 Å². The number of nitrogen functional groups attached to an aromatic ring is 1. The van der Waals surface area contributed by atoms with Crippen molar-refractivity contribution in [2.24, 2.45) is 5.73 Å². The van der Waals surface area contributed by atoms with E-state index in [1.807, 2.05) is 26.0 Å². The van der Waals surface area contributed by atoms with Gasteiger partial charge < -0.3 is 16.8 Å². The van der Waals surface area contributed by atoms with Crippen LogP contribution in [0.1, 0.15) is 31.8 Å². The van der Waals surface area contributed by atoms with E-state index in [-0.39, 0.29) is 5.91 Å². The van der Waals surface area contributed by atoms with Gasteiger partial charge in [-0.2, -0.15) is 0 Å². The second-order valence-corrected chi connectivity index (χ2v) is 4.92. The van der Waals surface area contributed by atoms with E-state index in [4.69, 9.17) is 11.5 Å². The molecule has 0 heterocycles. The molecule has 0 spiro atoms. The van der Waals surface area contributed by atoms with Gasteiger partial charge in [-0.25, -0.2) is 0 Å². The molecule has 0 saturated heterocycles. The summed E-state index contributed by atoms with van der Waals surface area (Å²) < 4.78 is 0. The Morgan fingerprint density at radius 2 is 1.43 bits per heavy atom. The standard InChI is InChI=1S/C16H17N3O2/c1-9-7-13(8-10(2)14(9)17)19-16(21)12-5-3-11(4-6-12)15(18)20/h3-8H,17H2,1-2H3,(H2,18,20)(H,19,21). The van der Waals surface area contributed by atoms with Crippen LogP contribution in [0, 0.1) is 13.8 Å². The molecule has 2 rings (SSSR count). The molecule has 0 fully saturated rings. The molecule has 2 amide bonds. The molecule has 5 heteroatoms. The van der Waals surface area contributed by atoms with Gasteiger partial charge in [-0.05, 0) is 61.4 Å². The van der Waals surface area contributed by atoms with Crippen molar-refractivity contribution in [3.63, 3.8) is 0 Å². The molecule has 2 aromatic carbocycles. The Kier molecular flexibility index (Phi) is 3.93. The summed E-state index contributed by atoms with van der Waals surface area (Å²) in [4.78, 5) is 23.1. The van der Waals surface area contributed by atoms with Crippen molar-refractivity contribution in [2.75, 3.05) is 11.1 Å². The van der Waals surface area contributed by atoms with E-state index in [9.17, 15) is 9.59 Å². The third-order valence-electron chi connectivity index (χ3n) is 3.28. The lowest BCUT2D eigenvalue weighted by Gasteiger charge is -2.10. The number of aryl methyl sites for hydroxylation is 2. The zero-order chi connectivity index (χ0) is 15.6. The number of hydrogen-bond acceptors (Lipinski definition) is 3. The van der Waals surface area contributed by atoms with E-state index in [0.717, 1.165) is 16.8 Å². The highest BCUT2D eigenvalue weighted by atomic mass is 16.2. The number of benzene rings is 2. The van der Waals surface area contributed by atoms with Gasteiger partial charge in [-0.3, -0.25) is 9.59 Å². The first-order valence-electron chi connectivity index (χ1n) is 6.46. The van der Waals surface area contributed by atoms with Gasteiger partial charge in [0.05, 0.1) is 0 Å². The highest BCUT2D eigenvalue weighted by Gasteiger charge is 2.09. The second-order valence-electron chi connectivity index (χ2n) is 4.92. The molecule has 0 aromatic heterocycles. The number of hydrogen-bond donors (Lipinski definition) is 3. The Balaban J connectivity index is 2.20. The van der Waals surface area contributed by atoms with Gasteiger partial charge in [0, 0.05) is 22.5 Å². The first-order valence-corrected chi connectivity index (χ1v) is 6.46. The Hall–Kier alpha value is -2.82. The van der Waals surface area contributed by atoms with Crippen LogP contribution in [0.2, 0.25) is 0 Å². The van der Waals surface area contributed by atoms with Crippen LogP contribution in [0.3, 0.4) is 0 Å².